The third-order valence-electron chi connectivity index (χ3n) is 9.06. The molecule has 0 bridgehead atoms. The molecule has 0 aliphatic carbocycles. The number of hydrogen-bond donors (Lipinski definition) is 0. The predicted molar refractivity (Wildman–Crippen MR) is 195 cm³/mol. The first-order chi connectivity index (χ1) is 23.2. The quantitative estimate of drug-likeness (QED) is 0.197. The monoisotopic (exact) mass is 619 g/mol. The van der Waals surface area contributed by atoms with Gasteiger partial charge >= 0.3 is 0 Å². The predicted octanol–water partition coefficient (Wildman–Crippen LogP) is 11.7. The minimum atomic E-state index is 0.617. The Bertz CT molecular complexity index is 2610. The highest BCUT2D eigenvalue weighted by atomic mass is 32.1. The summed E-state index contributed by atoms with van der Waals surface area (Å²) >= 11 is 1.73. The lowest BCUT2D eigenvalue weighted by Gasteiger charge is -2.11. The molecule has 10 aromatic rings. The summed E-state index contributed by atoms with van der Waals surface area (Å²) in [6.45, 7) is 0. The van der Waals surface area contributed by atoms with E-state index in [1.165, 1.54) is 37.4 Å². The summed E-state index contributed by atoms with van der Waals surface area (Å²) in [6, 6.07) is 53.5. The lowest BCUT2D eigenvalue weighted by atomic mass is 10.0. The van der Waals surface area contributed by atoms with Crippen molar-refractivity contribution in [3.63, 3.8) is 0 Å². The highest BCUT2D eigenvalue weighted by Gasteiger charge is 2.17. The Balaban J connectivity index is 1.17. The summed E-state index contributed by atoms with van der Waals surface area (Å²) in [4.78, 5) is 9.78. The highest BCUT2D eigenvalue weighted by Crippen LogP contribution is 2.39. The fourth-order valence-electron chi connectivity index (χ4n) is 6.73. The molecule has 47 heavy (non-hydrogen) atoms. The molecule has 0 aliphatic rings. The minimum Gasteiger partial charge on any atom is -0.436 e. The van der Waals surface area contributed by atoms with Gasteiger partial charge < -0.3 is 8.98 Å². The number of rotatable bonds is 4. The maximum Gasteiger partial charge on any atom is 0.227 e. The lowest BCUT2D eigenvalue weighted by Crippen LogP contribution is -1.94. The normalized spacial score (nSPS) is 11.8. The first kappa shape index (κ1) is 26.2. The second kappa shape index (κ2) is 10.2. The molecular weight excluding hydrogens is 595 g/mol. The van der Waals surface area contributed by atoms with Gasteiger partial charge in [0.15, 0.2) is 5.58 Å². The molecule has 220 valence electrons. The van der Waals surface area contributed by atoms with Crippen molar-refractivity contribution in [1.29, 1.82) is 0 Å². The molecule has 4 nitrogen and oxygen atoms in total. The number of benzene rings is 7. The molecule has 3 aromatic heterocycles. The Morgan fingerprint density at radius 3 is 1.96 bits per heavy atom. The van der Waals surface area contributed by atoms with Crippen LogP contribution < -0.4 is 0 Å². The van der Waals surface area contributed by atoms with E-state index in [0.29, 0.717) is 5.89 Å². The smallest absolute Gasteiger partial charge is 0.227 e. The van der Waals surface area contributed by atoms with Crippen LogP contribution in [0.25, 0.3) is 92.7 Å². The van der Waals surface area contributed by atoms with Crippen molar-refractivity contribution in [2.24, 2.45) is 0 Å². The van der Waals surface area contributed by atoms with Crippen LogP contribution in [-0.4, -0.2) is 14.5 Å². The number of nitrogens with zero attached hydrogens (tertiary/aromatic N) is 3. The van der Waals surface area contributed by atoms with Crippen molar-refractivity contribution in [2.45, 2.75) is 0 Å². The van der Waals surface area contributed by atoms with Crippen LogP contribution >= 0.6 is 11.3 Å². The number of fused-ring (bicyclic) bond motifs is 6. The van der Waals surface area contributed by atoms with Gasteiger partial charge in [0, 0.05) is 27.6 Å². The molecule has 0 N–H and O–H groups in total. The van der Waals surface area contributed by atoms with Gasteiger partial charge in [0.2, 0.25) is 5.89 Å². The van der Waals surface area contributed by atoms with Crippen LogP contribution in [0.1, 0.15) is 0 Å². The molecule has 0 unspecified atom stereocenters. The standard InChI is InChI=1S/C42H25N3OS/c1-2-8-28-23-29(14-13-26(28)7-1)27-15-19-32(20-16-27)45-37-24-30(41-43-35-9-3-5-11-39(35)46-41)17-21-33(37)34-22-18-31(25-38(34)45)42-44-36-10-4-6-12-40(36)47-42/h1-25H. The SMILES string of the molecule is c1ccc2cc(-c3ccc(-n4c5cc(-c6nc7ccccc7o6)ccc5c5ccc(-c6nc7ccccc7s6)cc54)cc3)ccc2c1. The van der Waals surface area contributed by atoms with Gasteiger partial charge in [0.05, 0.1) is 21.3 Å². The Morgan fingerprint density at radius 1 is 0.489 bits per heavy atom. The topological polar surface area (TPSA) is 43.9 Å². The zero-order chi connectivity index (χ0) is 30.9. The van der Waals surface area contributed by atoms with Crippen LogP contribution in [0.5, 0.6) is 0 Å². The first-order valence-corrected chi connectivity index (χ1v) is 16.5. The third kappa shape index (κ3) is 4.28. The summed E-state index contributed by atoms with van der Waals surface area (Å²) < 4.78 is 9.75. The summed E-state index contributed by atoms with van der Waals surface area (Å²) in [5.74, 6) is 0.617. The molecule has 5 heteroatoms. The van der Waals surface area contributed by atoms with Gasteiger partial charge in [-0.15, -0.1) is 11.3 Å². The van der Waals surface area contributed by atoms with Crippen LogP contribution in [0.3, 0.4) is 0 Å². The Morgan fingerprint density at radius 2 is 1.15 bits per heavy atom. The van der Waals surface area contributed by atoms with E-state index < -0.39 is 0 Å². The van der Waals surface area contributed by atoms with Crippen LogP contribution in [0, 0.1) is 0 Å². The maximum absolute atomic E-state index is 6.20. The van der Waals surface area contributed by atoms with Crippen molar-refractivity contribution in [3.8, 4) is 38.8 Å². The van der Waals surface area contributed by atoms with E-state index in [1.807, 2.05) is 30.3 Å². The van der Waals surface area contributed by atoms with Gasteiger partial charge in [-0.05, 0) is 82.6 Å². The molecule has 3 heterocycles. The van der Waals surface area contributed by atoms with Crippen LogP contribution in [0.15, 0.2) is 156 Å². The van der Waals surface area contributed by atoms with E-state index in [1.54, 1.807) is 11.3 Å². The number of para-hydroxylation sites is 3. The van der Waals surface area contributed by atoms with Crippen molar-refractivity contribution in [3.05, 3.63) is 152 Å². The fourth-order valence-corrected chi connectivity index (χ4v) is 7.69. The summed E-state index contributed by atoms with van der Waals surface area (Å²) in [5, 5.41) is 5.87. The van der Waals surface area contributed by atoms with E-state index >= 15 is 0 Å². The average Bonchev–Trinajstić information content (AvgIpc) is 3.85. The summed E-state index contributed by atoms with van der Waals surface area (Å²) in [7, 11) is 0. The second-order valence-electron chi connectivity index (χ2n) is 11.9. The van der Waals surface area contributed by atoms with Gasteiger partial charge in [0.1, 0.15) is 10.5 Å². The Labute approximate surface area is 273 Å². The van der Waals surface area contributed by atoms with Crippen LogP contribution in [0.2, 0.25) is 0 Å². The zero-order valence-electron chi connectivity index (χ0n) is 25.1. The van der Waals surface area contributed by atoms with E-state index in [9.17, 15) is 0 Å². The third-order valence-corrected chi connectivity index (χ3v) is 10.1. The molecule has 0 spiro atoms. The number of thiazole rings is 1. The van der Waals surface area contributed by atoms with Gasteiger partial charge in [-0.3, -0.25) is 0 Å². The number of aromatic nitrogens is 3. The summed E-state index contributed by atoms with van der Waals surface area (Å²) in [6.07, 6.45) is 0. The van der Waals surface area contributed by atoms with Gasteiger partial charge in [-0.1, -0.05) is 91.0 Å². The van der Waals surface area contributed by atoms with Gasteiger partial charge in [-0.2, -0.15) is 0 Å². The molecule has 0 saturated heterocycles. The van der Waals surface area contributed by atoms with E-state index in [-0.39, 0.29) is 0 Å². The molecule has 7 aromatic carbocycles. The maximum atomic E-state index is 6.20. The molecule has 10 rings (SSSR count). The zero-order valence-corrected chi connectivity index (χ0v) is 25.9. The van der Waals surface area contributed by atoms with Crippen molar-refractivity contribution >= 4 is 65.2 Å². The molecular formula is C42H25N3OS. The van der Waals surface area contributed by atoms with Gasteiger partial charge in [-0.25, -0.2) is 9.97 Å². The fraction of sp³-hybridized carbons (Fsp3) is 0. The largest absolute Gasteiger partial charge is 0.436 e. The highest BCUT2D eigenvalue weighted by molar-refractivity contribution is 7.21. The molecule has 0 fully saturated rings. The molecule has 0 amide bonds. The van der Waals surface area contributed by atoms with E-state index in [0.717, 1.165) is 49.5 Å². The molecule has 0 saturated carbocycles. The van der Waals surface area contributed by atoms with Crippen LogP contribution in [0.4, 0.5) is 0 Å². The average molecular weight is 620 g/mol. The molecule has 0 radical (unpaired) electrons. The van der Waals surface area contributed by atoms with Gasteiger partial charge in [0.25, 0.3) is 0 Å². The number of hydrogen-bond acceptors (Lipinski definition) is 4. The van der Waals surface area contributed by atoms with Crippen LogP contribution in [-0.2, 0) is 0 Å². The Hall–Kier alpha value is -6.04. The lowest BCUT2D eigenvalue weighted by molar-refractivity contribution is 0.620. The van der Waals surface area contributed by atoms with Crippen molar-refractivity contribution in [1.82, 2.24) is 14.5 Å². The molecule has 0 aliphatic heterocycles. The van der Waals surface area contributed by atoms with E-state index in [4.69, 9.17) is 14.4 Å². The number of oxazole rings is 1. The molecule has 0 atom stereocenters. The second-order valence-corrected chi connectivity index (χ2v) is 12.9. The summed E-state index contributed by atoms with van der Waals surface area (Å²) in [5.41, 5.74) is 10.4. The minimum absolute atomic E-state index is 0.617. The Kier molecular flexibility index (Phi) is 5.71. The van der Waals surface area contributed by atoms with E-state index in [2.05, 4.69) is 126 Å². The van der Waals surface area contributed by atoms with Crippen molar-refractivity contribution in [2.75, 3.05) is 0 Å². The first-order valence-electron chi connectivity index (χ1n) is 15.6. The van der Waals surface area contributed by atoms with Crippen molar-refractivity contribution < 1.29 is 4.42 Å².